The zero-order chi connectivity index (χ0) is 20.8. The van der Waals surface area contributed by atoms with Crippen LogP contribution < -0.4 is 5.32 Å². The van der Waals surface area contributed by atoms with Crippen molar-refractivity contribution in [2.75, 3.05) is 5.32 Å². The van der Waals surface area contributed by atoms with Crippen LogP contribution in [-0.4, -0.2) is 16.1 Å². The van der Waals surface area contributed by atoms with Crippen LogP contribution in [0.15, 0.2) is 94.6 Å². The van der Waals surface area contributed by atoms with Crippen LogP contribution in [0.25, 0.3) is 0 Å². The van der Waals surface area contributed by atoms with Gasteiger partial charge in [0.05, 0.1) is 6.42 Å². The number of benzene rings is 3. The van der Waals surface area contributed by atoms with Crippen molar-refractivity contribution in [2.45, 2.75) is 16.9 Å². The lowest BCUT2D eigenvalue weighted by molar-refractivity contribution is -0.115. The van der Waals surface area contributed by atoms with Gasteiger partial charge >= 0.3 is 0 Å². The molecule has 0 saturated heterocycles. The molecule has 4 aromatic rings. The van der Waals surface area contributed by atoms with Crippen molar-refractivity contribution in [3.05, 3.63) is 108 Å². The van der Waals surface area contributed by atoms with E-state index >= 15 is 0 Å². The van der Waals surface area contributed by atoms with Gasteiger partial charge in [-0.15, -0.1) is 10.2 Å². The Hall–Kier alpha value is -3.45. The number of halogens is 1. The molecule has 1 N–H and O–H groups in total. The molecular weight excluding hydrogens is 401 g/mol. The lowest BCUT2D eigenvalue weighted by Gasteiger charge is -2.15. The van der Waals surface area contributed by atoms with Gasteiger partial charge < -0.3 is 9.73 Å². The Balaban J connectivity index is 1.52. The van der Waals surface area contributed by atoms with E-state index in [1.165, 1.54) is 36.0 Å². The standard InChI is InChI=1S/C23H18FN3O2S/c24-18-11-13-19(14-12-18)25-22(28)21(17-9-5-2-6-10-17)30-23-27-26-20(29-23)15-16-7-3-1-4-8-16/h1-14,21H,15H2,(H,25,28)/t21-/m0/s1. The first kappa shape index (κ1) is 19.8. The molecule has 0 spiro atoms. The van der Waals surface area contributed by atoms with Gasteiger partial charge in [-0.05, 0) is 47.2 Å². The van der Waals surface area contributed by atoms with Gasteiger partial charge in [-0.25, -0.2) is 4.39 Å². The number of amides is 1. The Bertz CT molecular complexity index is 1100. The van der Waals surface area contributed by atoms with E-state index in [2.05, 4.69) is 15.5 Å². The van der Waals surface area contributed by atoms with Crippen LogP contribution in [0, 0.1) is 5.82 Å². The zero-order valence-corrected chi connectivity index (χ0v) is 16.7. The fourth-order valence-electron chi connectivity index (χ4n) is 2.87. The highest BCUT2D eigenvalue weighted by Gasteiger charge is 2.25. The fourth-order valence-corrected chi connectivity index (χ4v) is 3.76. The Morgan fingerprint density at radius 2 is 1.60 bits per heavy atom. The van der Waals surface area contributed by atoms with E-state index in [-0.39, 0.29) is 11.7 Å². The monoisotopic (exact) mass is 419 g/mol. The number of carbonyl (C=O) groups excluding carboxylic acids is 1. The minimum atomic E-state index is -0.610. The molecule has 7 heteroatoms. The summed E-state index contributed by atoms with van der Waals surface area (Å²) in [5.74, 6) is -0.145. The summed E-state index contributed by atoms with van der Waals surface area (Å²) in [4.78, 5) is 13.0. The topological polar surface area (TPSA) is 68.0 Å². The predicted octanol–water partition coefficient (Wildman–Crippen LogP) is 5.27. The molecule has 5 nitrogen and oxygen atoms in total. The molecular formula is C23H18FN3O2S. The second-order valence-corrected chi connectivity index (χ2v) is 7.59. The number of thioether (sulfide) groups is 1. The SMILES string of the molecule is O=C(Nc1ccc(F)cc1)[C@@H](Sc1nnc(Cc2ccccc2)o1)c1ccccc1. The maximum absolute atomic E-state index is 13.1. The van der Waals surface area contributed by atoms with Crippen molar-refractivity contribution in [1.29, 1.82) is 0 Å². The largest absolute Gasteiger partial charge is 0.416 e. The van der Waals surface area contributed by atoms with E-state index in [9.17, 15) is 9.18 Å². The van der Waals surface area contributed by atoms with E-state index in [1.807, 2.05) is 60.7 Å². The van der Waals surface area contributed by atoms with Gasteiger partial charge in [0.25, 0.3) is 5.22 Å². The second-order valence-electron chi connectivity index (χ2n) is 6.53. The molecule has 150 valence electrons. The molecule has 1 amide bonds. The maximum Gasteiger partial charge on any atom is 0.277 e. The molecule has 0 aliphatic rings. The van der Waals surface area contributed by atoms with Crippen LogP contribution in [0.1, 0.15) is 22.3 Å². The fraction of sp³-hybridized carbons (Fsp3) is 0.0870. The van der Waals surface area contributed by atoms with Gasteiger partial charge in [-0.1, -0.05) is 60.7 Å². The Labute approximate surface area is 177 Å². The summed E-state index contributed by atoms with van der Waals surface area (Å²) in [5, 5.41) is 10.7. The van der Waals surface area contributed by atoms with Crippen LogP contribution in [0.2, 0.25) is 0 Å². The number of hydrogen-bond donors (Lipinski definition) is 1. The molecule has 1 atom stereocenters. The van der Waals surface area contributed by atoms with E-state index < -0.39 is 5.25 Å². The van der Waals surface area contributed by atoms with Crippen molar-refractivity contribution in [1.82, 2.24) is 10.2 Å². The number of anilines is 1. The lowest BCUT2D eigenvalue weighted by atomic mass is 10.1. The molecule has 0 aliphatic carbocycles. The summed E-state index contributed by atoms with van der Waals surface area (Å²) in [7, 11) is 0. The van der Waals surface area contributed by atoms with Crippen LogP contribution in [-0.2, 0) is 11.2 Å². The van der Waals surface area contributed by atoms with Gasteiger partial charge in [0.1, 0.15) is 11.1 Å². The van der Waals surface area contributed by atoms with Gasteiger partial charge in [0.2, 0.25) is 11.8 Å². The highest BCUT2D eigenvalue weighted by atomic mass is 32.2. The second kappa shape index (κ2) is 9.37. The minimum Gasteiger partial charge on any atom is -0.416 e. The first-order valence-corrected chi connectivity index (χ1v) is 10.2. The first-order chi connectivity index (χ1) is 14.7. The molecule has 0 bridgehead atoms. The summed E-state index contributed by atoms with van der Waals surface area (Å²) in [5.41, 5.74) is 2.37. The summed E-state index contributed by atoms with van der Waals surface area (Å²) in [6.45, 7) is 0. The zero-order valence-electron chi connectivity index (χ0n) is 15.9. The van der Waals surface area contributed by atoms with Crippen molar-refractivity contribution >= 4 is 23.4 Å². The minimum absolute atomic E-state index is 0.263. The molecule has 1 aromatic heterocycles. The number of aromatic nitrogens is 2. The Morgan fingerprint density at radius 1 is 0.933 bits per heavy atom. The normalized spacial score (nSPS) is 11.8. The third kappa shape index (κ3) is 5.12. The third-order valence-corrected chi connectivity index (χ3v) is 5.41. The molecule has 0 fully saturated rings. The average molecular weight is 419 g/mol. The van der Waals surface area contributed by atoms with Gasteiger partial charge in [-0.3, -0.25) is 4.79 Å². The maximum atomic E-state index is 13.1. The molecule has 30 heavy (non-hydrogen) atoms. The number of rotatable bonds is 7. The Morgan fingerprint density at radius 3 is 2.30 bits per heavy atom. The number of nitrogens with one attached hydrogen (secondary N) is 1. The molecule has 0 saturated carbocycles. The van der Waals surface area contributed by atoms with Crippen molar-refractivity contribution in [2.24, 2.45) is 0 Å². The summed E-state index contributed by atoms with van der Waals surface area (Å²) >= 11 is 1.18. The Kier molecular flexibility index (Phi) is 6.20. The summed E-state index contributed by atoms with van der Waals surface area (Å²) in [6, 6.07) is 24.8. The van der Waals surface area contributed by atoms with Crippen LogP contribution in [0.5, 0.6) is 0 Å². The van der Waals surface area contributed by atoms with E-state index in [0.29, 0.717) is 23.2 Å². The smallest absolute Gasteiger partial charge is 0.277 e. The van der Waals surface area contributed by atoms with E-state index in [1.54, 1.807) is 0 Å². The van der Waals surface area contributed by atoms with Crippen LogP contribution >= 0.6 is 11.8 Å². The molecule has 0 unspecified atom stereocenters. The highest BCUT2D eigenvalue weighted by molar-refractivity contribution is 8.00. The third-order valence-electron chi connectivity index (χ3n) is 4.32. The molecule has 4 rings (SSSR count). The number of carbonyl (C=O) groups is 1. The molecule has 1 heterocycles. The van der Waals surface area contributed by atoms with Gasteiger partial charge in [0, 0.05) is 5.69 Å². The summed E-state index contributed by atoms with van der Waals surface area (Å²) < 4.78 is 18.9. The molecule has 0 aliphatic heterocycles. The number of nitrogens with zero attached hydrogens (tertiary/aromatic N) is 2. The quantitative estimate of drug-likeness (QED) is 0.413. The van der Waals surface area contributed by atoms with E-state index in [0.717, 1.165) is 11.1 Å². The predicted molar refractivity (Wildman–Crippen MR) is 114 cm³/mol. The first-order valence-electron chi connectivity index (χ1n) is 9.32. The van der Waals surface area contributed by atoms with E-state index in [4.69, 9.17) is 4.42 Å². The highest BCUT2D eigenvalue weighted by Crippen LogP contribution is 2.35. The van der Waals surface area contributed by atoms with Crippen LogP contribution in [0.3, 0.4) is 0 Å². The molecule has 0 radical (unpaired) electrons. The van der Waals surface area contributed by atoms with Gasteiger partial charge in [-0.2, -0.15) is 0 Å². The average Bonchev–Trinajstić information content (AvgIpc) is 3.22. The van der Waals surface area contributed by atoms with Gasteiger partial charge in [0.15, 0.2) is 0 Å². The van der Waals surface area contributed by atoms with Crippen molar-refractivity contribution in [3.8, 4) is 0 Å². The van der Waals surface area contributed by atoms with Crippen LogP contribution in [0.4, 0.5) is 10.1 Å². The van der Waals surface area contributed by atoms with Crippen molar-refractivity contribution < 1.29 is 13.6 Å². The molecule has 3 aromatic carbocycles. The summed E-state index contributed by atoms with van der Waals surface area (Å²) in [6.07, 6.45) is 0.520. The lowest BCUT2D eigenvalue weighted by Crippen LogP contribution is -2.19. The number of hydrogen-bond acceptors (Lipinski definition) is 5. The van der Waals surface area contributed by atoms with Crippen molar-refractivity contribution in [3.63, 3.8) is 0 Å².